The van der Waals surface area contributed by atoms with E-state index >= 15 is 0 Å². The fraction of sp³-hybridized carbons (Fsp3) is 0.316. The molecule has 0 spiro atoms. The van der Waals surface area contributed by atoms with Gasteiger partial charge in [0, 0.05) is 14.1 Å². The Balaban J connectivity index is 1.91. The molecule has 5 nitrogen and oxygen atoms in total. The topological polar surface area (TPSA) is 66.5 Å². The molecule has 3 rings (SSSR count). The van der Waals surface area contributed by atoms with Gasteiger partial charge in [0.05, 0.1) is 11.6 Å². The molecule has 0 fully saturated rings. The third-order valence-electron chi connectivity index (χ3n) is 4.59. The van der Waals surface area contributed by atoms with Crippen molar-refractivity contribution < 1.29 is 13.2 Å². The summed E-state index contributed by atoms with van der Waals surface area (Å²) in [6.07, 6.45) is 2.70. The number of nitrogens with zero attached hydrogens (tertiary/aromatic N) is 1. The van der Waals surface area contributed by atoms with Crippen LogP contribution in [0, 0.1) is 0 Å². The van der Waals surface area contributed by atoms with Crippen LogP contribution in [0.4, 0.5) is 5.69 Å². The Labute approximate surface area is 148 Å². The van der Waals surface area contributed by atoms with Gasteiger partial charge in [0.1, 0.15) is 4.90 Å². The van der Waals surface area contributed by atoms with Crippen LogP contribution in [0.5, 0.6) is 0 Å². The van der Waals surface area contributed by atoms with Gasteiger partial charge in [-0.2, -0.15) is 0 Å². The minimum atomic E-state index is -3.63. The molecule has 0 saturated heterocycles. The third kappa shape index (κ3) is 3.45. The largest absolute Gasteiger partial charge is 0.324 e. The summed E-state index contributed by atoms with van der Waals surface area (Å²) in [6.45, 7) is 0. The lowest BCUT2D eigenvalue weighted by Gasteiger charge is -2.25. The first-order valence-corrected chi connectivity index (χ1v) is 9.75. The van der Waals surface area contributed by atoms with Crippen molar-refractivity contribution in [2.45, 2.75) is 30.1 Å². The number of rotatable bonds is 4. The van der Waals surface area contributed by atoms with Crippen molar-refractivity contribution in [3.8, 4) is 0 Å². The van der Waals surface area contributed by atoms with Crippen LogP contribution in [-0.2, 0) is 21.2 Å². The molecular formula is C19H22N2O3S. The summed E-state index contributed by atoms with van der Waals surface area (Å²) >= 11 is 0. The summed E-state index contributed by atoms with van der Waals surface area (Å²) in [5.41, 5.74) is 2.56. The molecule has 0 heterocycles. The van der Waals surface area contributed by atoms with E-state index in [1.807, 2.05) is 18.2 Å². The van der Waals surface area contributed by atoms with E-state index in [0.29, 0.717) is 5.69 Å². The van der Waals surface area contributed by atoms with Crippen molar-refractivity contribution in [1.82, 2.24) is 4.31 Å². The quantitative estimate of drug-likeness (QED) is 0.914. The van der Waals surface area contributed by atoms with Crippen molar-refractivity contribution in [1.29, 1.82) is 0 Å². The lowest BCUT2D eigenvalue weighted by atomic mass is 9.82. The predicted octanol–water partition coefficient (Wildman–Crippen LogP) is 3.00. The molecule has 2 aromatic rings. The van der Waals surface area contributed by atoms with Crippen LogP contribution in [0.1, 0.15) is 29.9 Å². The molecule has 2 aromatic carbocycles. The van der Waals surface area contributed by atoms with E-state index in [0.717, 1.165) is 29.1 Å². The normalized spacial score (nSPS) is 17.2. The van der Waals surface area contributed by atoms with Gasteiger partial charge in [0.15, 0.2) is 0 Å². The Kier molecular flexibility index (Phi) is 4.92. The highest BCUT2D eigenvalue weighted by atomic mass is 32.2. The summed E-state index contributed by atoms with van der Waals surface area (Å²) in [5.74, 6) is -0.409. The Morgan fingerprint density at radius 2 is 1.76 bits per heavy atom. The molecule has 1 aliphatic rings. The number of fused-ring (bicyclic) bond motifs is 1. The second-order valence-corrected chi connectivity index (χ2v) is 8.54. The van der Waals surface area contributed by atoms with E-state index in [9.17, 15) is 13.2 Å². The van der Waals surface area contributed by atoms with Crippen LogP contribution in [0.25, 0.3) is 0 Å². The highest BCUT2D eigenvalue weighted by Gasteiger charge is 2.28. The van der Waals surface area contributed by atoms with E-state index in [-0.39, 0.29) is 16.7 Å². The van der Waals surface area contributed by atoms with E-state index in [4.69, 9.17) is 0 Å². The number of carbonyl (C=O) groups is 1. The average molecular weight is 358 g/mol. The summed E-state index contributed by atoms with van der Waals surface area (Å²) < 4.78 is 26.1. The van der Waals surface area contributed by atoms with E-state index in [1.54, 1.807) is 18.2 Å². The van der Waals surface area contributed by atoms with Crippen LogP contribution < -0.4 is 5.32 Å². The molecule has 6 heteroatoms. The maximum atomic E-state index is 12.9. The van der Waals surface area contributed by atoms with Crippen molar-refractivity contribution >= 4 is 21.6 Å². The minimum absolute atomic E-state index is 0.109. The number of aryl methyl sites for hydroxylation is 1. The average Bonchev–Trinajstić information content (AvgIpc) is 2.61. The van der Waals surface area contributed by atoms with Crippen molar-refractivity contribution in [3.05, 3.63) is 59.7 Å². The molecule has 0 aliphatic heterocycles. The number of amides is 1. The zero-order chi connectivity index (χ0) is 18.0. The SMILES string of the molecule is CN(C)S(=O)(=O)c1ccccc1NC(=O)[C@@H]1CCCc2ccccc21. The molecule has 1 atom stereocenters. The van der Waals surface area contributed by atoms with Gasteiger partial charge in [-0.05, 0) is 42.5 Å². The Hall–Kier alpha value is -2.18. The molecule has 0 bridgehead atoms. The van der Waals surface area contributed by atoms with Gasteiger partial charge in [0.2, 0.25) is 15.9 Å². The van der Waals surface area contributed by atoms with E-state index in [2.05, 4.69) is 11.4 Å². The first-order valence-electron chi connectivity index (χ1n) is 8.31. The number of nitrogens with one attached hydrogen (secondary N) is 1. The van der Waals surface area contributed by atoms with E-state index < -0.39 is 10.0 Å². The van der Waals surface area contributed by atoms with Crippen molar-refractivity contribution in [3.63, 3.8) is 0 Å². The number of anilines is 1. The second kappa shape index (κ2) is 6.98. The molecule has 0 unspecified atom stereocenters. The van der Waals surface area contributed by atoms with Gasteiger partial charge in [-0.1, -0.05) is 36.4 Å². The van der Waals surface area contributed by atoms with Crippen LogP contribution in [-0.4, -0.2) is 32.7 Å². The fourth-order valence-corrected chi connectivity index (χ4v) is 4.28. The van der Waals surface area contributed by atoms with Gasteiger partial charge in [0.25, 0.3) is 0 Å². The Bertz CT molecular complexity index is 891. The molecule has 0 radical (unpaired) electrons. The van der Waals surface area contributed by atoms with E-state index in [1.165, 1.54) is 25.7 Å². The smallest absolute Gasteiger partial charge is 0.244 e. The molecular weight excluding hydrogens is 336 g/mol. The first kappa shape index (κ1) is 17.6. The molecule has 132 valence electrons. The van der Waals surface area contributed by atoms with Gasteiger partial charge >= 0.3 is 0 Å². The fourth-order valence-electron chi connectivity index (χ4n) is 3.24. The lowest BCUT2D eigenvalue weighted by molar-refractivity contribution is -0.117. The first-order chi connectivity index (χ1) is 11.9. The molecule has 0 aromatic heterocycles. The van der Waals surface area contributed by atoms with Crippen LogP contribution >= 0.6 is 0 Å². The zero-order valence-electron chi connectivity index (χ0n) is 14.4. The number of sulfonamides is 1. The van der Waals surface area contributed by atoms with Gasteiger partial charge in [-0.15, -0.1) is 0 Å². The predicted molar refractivity (Wildman–Crippen MR) is 98.1 cm³/mol. The van der Waals surface area contributed by atoms with Crippen LogP contribution in [0.2, 0.25) is 0 Å². The summed E-state index contributed by atoms with van der Waals surface area (Å²) in [7, 11) is -0.671. The number of benzene rings is 2. The molecule has 0 saturated carbocycles. The molecule has 1 aliphatic carbocycles. The summed E-state index contributed by atoms with van der Waals surface area (Å²) in [6, 6.07) is 14.5. The van der Waals surface area contributed by atoms with Crippen LogP contribution in [0.3, 0.4) is 0 Å². The maximum Gasteiger partial charge on any atom is 0.244 e. The Morgan fingerprint density at radius 1 is 1.08 bits per heavy atom. The number of hydrogen-bond donors (Lipinski definition) is 1. The Morgan fingerprint density at radius 3 is 2.52 bits per heavy atom. The number of para-hydroxylation sites is 1. The molecule has 1 amide bonds. The van der Waals surface area contributed by atoms with Gasteiger partial charge in [-0.25, -0.2) is 12.7 Å². The van der Waals surface area contributed by atoms with Gasteiger partial charge in [-0.3, -0.25) is 4.79 Å². The summed E-state index contributed by atoms with van der Waals surface area (Å²) in [5, 5.41) is 2.84. The summed E-state index contributed by atoms with van der Waals surface area (Å²) in [4.78, 5) is 13.0. The molecule has 1 N–H and O–H groups in total. The minimum Gasteiger partial charge on any atom is -0.324 e. The standard InChI is InChI=1S/C19H22N2O3S/c1-21(2)25(23,24)18-13-6-5-12-17(18)20-19(22)16-11-7-9-14-8-3-4-10-15(14)16/h3-6,8,10,12-13,16H,7,9,11H2,1-2H3,(H,20,22)/t16-/m1/s1. The highest BCUT2D eigenvalue weighted by molar-refractivity contribution is 7.89. The van der Waals surface area contributed by atoms with Crippen LogP contribution in [0.15, 0.2) is 53.4 Å². The van der Waals surface area contributed by atoms with Crippen molar-refractivity contribution in [2.75, 3.05) is 19.4 Å². The molecule has 25 heavy (non-hydrogen) atoms. The second-order valence-electron chi connectivity index (χ2n) is 6.42. The highest BCUT2D eigenvalue weighted by Crippen LogP contribution is 2.33. The number of hydrogen-bond acceptors (Lipinski definition) is 3. The third-order valence-corrected chi connectivity index (χ3v) is 6.46. The monoisotopic (exact) mass is 358 g/mol. The zero-order valence-corrected chi connectivity index (χ0v) is 15.2. The number of carbonyl (C=O) groups excluding carboxylic acids is 1. The lowest BCUT2D eigenvalue weighted by Crippen LogP contribution is -2.27. The van der Waals surface area contributed by atoms with Gasteiger partial charge < -0.3 is 5.32 Å². The maximum absolute atomic E-state index is 12.9. The van der Waals surface area contributed by atoms with Crippen molar-refractivity contribution in [2.24, 2.45) is 0 Å².